The van der Waals surface area contributed by atoms with Crippen molar-refractivity contribution < 1.29 is 18.1 Å². The Morgan fingerprint density at radius 3 is 2.36 bits per heavy atom. The molecule has 0 unspecified atom stereocenters. The summed E-state index contributed by atoms with van der Waals surface area (Å²) in [6.07, 6.45) is 1.51. The molecule has 0 amide bonds. The van der Waals surface area contributed by atoms with E-state index in [1.165, 1.54) is 31.5 Å². The van der Waals surface area contributed by atoms with Gasteiger partial charge in [-0.25, -0.2) is 8.42 Å². The molecule has 0 saturated carbocycles. The lowest BCUT2D eigenvalue weighted by atomic mass is 10.2. The van der Waals surface area contributed by atoms with Gasteiger partial charge in [0.15, 0.2) is 0 Å². The zero-order valence-corrected chi connectivity index (χ0v) is 19.0. The maximum Gasteiger partial charge on any atom is 0.295 e. The highest BCUT2D eigenvalue weighted by Crippen LogP contribution is 2.30. The van der Waals surface area contributed by atoms with Crippen LogP contribution in [0.4, 0.5) is 22.7 Å². The smallest absolute Gasteiger partial charge is 0.295 e. The molecule has 0 aromatic heterocycles. The molecule has 11 heteroatoms. The van der Waals surface area contributed by atoms with Crippen molar-refractivity contribution in [3.63, 3.8) is 0 Å². The number of hydrogen-bond acceptors (Lipinski definition) is 8. The monoisotopic (exact) mass is 469 g/mol. The fraction of sp³-hybridized carbons (Fsp3) is 0.136. The van der Waals surface area contributed by atoms with Crippen molar-refractivity contribution in [2.75, 3.05) is 36.3 Å². The molecule has 0 atom stereocenters. The molecular formula is C22H23N5O5S. The van der Waals surface area contributed by atoms with E-state index in [1.54, 1.807) is 18.2 Å². The third-order valence-corrected chi connectivity index (χ3v) is 6.00. The summed E-state index contributed by atoms with van der Waals surface area (Å²) in [5, 5.41) is 15.6. The van der Waals surface area contributed by atoms with Crippen LogP contribution in [-0.2, 0) is 10.0 Å². The number of ether oxygens (including phenoxy) is 1. The second kappa shape index (κ2) is 10.0. The molecule has 0 heterocycles. The predicted molar refractivity (Wildman–Crippen MR) is 129 cm³/mol. The Morgan fingerprint density at radius 2 is 1.73 bits per heavy atom. The van der Waals surface area contributed by atoms with Gasteiger partial charge in [-0.3, -0.25) is 20.3 Å². The van der Waals surface area contributed by atoms with E-state index < -0.39 is 20.6 Å². The molecule has 0 radical (unpaired) electrons. The topological polar surface area (TPSA) is 126 Å². The molecule has 0 aliphatic carbocycles. The summed E-state index contributed by atoms with van der Waals surface area (Å²) in [5.41, 5.74) is 4.26. The number of nitro benzene ring substituents is 1. The van der Waals surface area contributed by atoms with E-state index >= 15 is 0 Å². The number of nitrogens with zero attached hydrogens (tertiary/aromatic N) is 3. The van der Waals surface area contributed by atoms with Crippen molar-refractivity contribution in [3.05, 3.63) is 82.4 Å². The molecule has 0 saturated heterocycles. The van der Waals surface area contributed by atoms with Gasteiger partial charge >= 0.3 is 0 Å². The Hall–Kier alpha value is -4.12. The maximum absolute atomic E-state index is 12.8. The zero-order chi connectivity index (χ0) is 24.0. The van der Waals surface area contributed by atoms with Gasteiger partial charge in [-0.15, -0.1) is 0 Å². The first kappa shape index (κ1) is 23.5. The number of nitrogens with one attached hydrogen (secondary N) is 2. The van der Waals surface area contributed by atoms with Crippen LogP contribution in [0.25, 0.3) is 0 Å². The summed E-state index contributed by atoms with van der Waals surface area (Å²) in [4.78, 5) is 12.6. The van der Waals surface area contributed by atoms with Crippen LogP contribution in [0, 0.1) is 10.1 Å². The minimum Gasteiger partial charge on any atom is -0.495 e. The molecule has 172 valence electrons. The minimum atomic E-state index is -4.10. The Bertz CT molecular complexity index is 1270. The second-order valence-electron chi connectivity index (χ2n) is 7.10. The average Bonchev–Trinajstić information content (AvgIpc) is 2.79. The number of para-hydroxylation sites is 2. The molecule has 0 aliphatic rings. The first-order valence-electron chi connectivity index (χ1n) is 9.72. The number of rotatable bonds is 9. The van der Waals surface area contributed by atoms with Crippen LogP contribution >= 0.6 is 0 Å². The lowest BCUT2D eigenvalue weighted by Gasteiger charge is -2.12. The number of methoxy groups -OCH3 is 1. The van der Waals surface area contributed by atoms with Gasteiger partial charge in [0, 0.05) is 25.8 Å². The molecule has 0 spiro atoms. The summed E-state index contributed by atoms with van der Waals surface area (Å²) in [6, 6.07) is 17.5. The summed E-state index contributed by atoms with van der Waals surface area (Å²) >= 11 is 0. The Kier molecular flexibility index (Phi) is 7.13. The highest BCUT2D eigenvalue weighted by molar-refractivity contribution is 7.92. The zero-order valence-electron chi connectivity index (χ0n) is 18.2. The van der Waals surface area contributed by atoms with Gasteiger partial charge in [0.2, 0.25) is 0 Å². The molecule has 3 rings (SSSR count). The standard InChI is InChI=1S/C22H23N5O5S/c1-26(2)17-10-8-16(9-11-17)15-23-24-19-13-12-18(14-21(19)27(28)29)33(30,31)25-20-6-4-5-7-22(20)32-3/h4-15,24-25H,1-3H3/b23-15-. The number of sulfonamides is 1. The normalized spacial score (nSPS) is 11.2. The van der Waals surface area contributed by atoms with Crippen molar-refractivity contribution in [2.45, 2.75) is 4.90 Å². The van der Waals surface area contributed by atoms with E-state index in [1.807, 2.05) is 43.3 Å². The third-order valence-electron chi connectivity index (χ3n) is 4.64. The van der Waals surface area contributed by atoms with E-state index in [0.29, 0.717) is 5.75 Å². The number of anilines is 3. The lowest BCUT2D eigenvalue weighted by Crippen LogP contribution is -2.14. The maximum atomic E-state index is 12.8. The van der Waals surface area contributed by atoms with Crippen molar-refractivity contribution in [1.29, 1.82) is 0 Å². The van der Waals surface area contributed by atoms with Crippen LogP contribution in [0.15, 0.2) is 76.7 Å². The van der Waals surface area contributed by atoms with Crippen molar-refractivity contribution >= 4 is 39.0 Å². The quantitative estimate of drug-likeness (QED) is 0.276. The van der Waals surface area contributed by atoms with Gasteiger partial charge in [0.05, 0.1) is 28.8 Å². The minimum absolute atomic E-state index is 0.0532. The van der Waals surface area contributed by atoms with Crippen LogP contribution < -0.4 is 19.8 Å². The highest BCUT2D eigenvalue weighted by atomic mass is 32.2. The van der Waals surface area contributed by atoms with Gasteiger partial charge < -0.3 is 9.64 Å². The van der Waals surface area contributed by atoms with Crippen molar-refractivity contribution in [1.82, 2.24) is 0 Å². The Morgan fingerprint density at radius 1 is 1.03 bits per heavy atom. The number of nitro groups is 1. The fourth-order valence-electron chi connectivity index (χ4n) is 2.89. The first-order valence-corrected chi connectivity index (χ1v) is 11.2. The first-order chi connectivity index (χ1) is 15.7. The van der Waals surface area contributed by atoms with Gasteiger partial charge in [0.25, 0.3) is 15.7 Å². The average molecular weight is 470 g/mol. The number of benzene rings is 3. The highest BCUT2D eigenvalue weighted by Gasteiger charge is 2.22. The number of hydrogen-bond donors (Lipinski definition) is 2. The van der Waals surface area contributed by atoms with Crippen LogP contribution in [0.1, 0.15) is 5.56 Å². The summed E-state index contributed by atoms with van der Waals surface area (Å²) in [7, 11) is 1.17. The van der Waals surface area contributed by atoms with Gasteiger partial charge in [0.1, 0.15) is 11.4 Å². The van der Waals surface area contributed by atoms with E-state index in [9.17, 15) is 18.5 Å². The summed E-state index contributed by atoms with van der Waals surface area (Å²) in [5.74, 6) is 0.321. The summed E-state index contributed by atoms with van der Waals surface area (Å²) in [6.45, 7) is 0. The molecule has 0 bridgehead atoms. The molecule has 0 aliphatic heterocycles. The van der Waals surface area contributed by atoms with Gasteiger partial charge in [-0.05, 0) is 42.0 Å². The SMILES string of the molecule is COc1ccccc1NS(=O)(=O)c1ccc(N/N=C\c2ccc(N(C)C)cc2)c([N+](=O)[O-])c1. The number of hydrazone groups is 1. The van der Waals surface area contributed by atoms with Crippen molar-refractivity contribution in [2.24, 2.45) is 5.10 Å². The summed E-state index contributed by atoms with van der Waals surface area (Å²) < 4.78 is 33.1. The molecular weight excluding hydrogens is 446 g/mol. The van der Waals surface area contributed by atoms with Gasteiger partial charge in [-0.2, -0.15) is 5.10 Å². The van der Waals surface area contributed by atoms with Gasteiger partial charge in [-0.1, -0.05) is 24.3 Å². The van der Waals surface area contributed by atoms with E-state index in [-0.39, 0.29) is 16.3 Å². The van der Waals surface area contributed by atoms with Crippen molar-refractivity contribution in [3.8, 4) is 5.75 Å². The lowest BCUT2D eigenvalue weighted by molar-refractivity contribution is -0.384. The third kappa shape index (κ3) is 5.77. The molecule has 3 aromatic rings. The van der Waals surface area contributed by atoms with Crippen LogP contribution in [-0.4, -0.2) is 40.8 Å². The Labute approximate surface area is 191 Å². The molecule has 3 aromatic carbocycles. The predicted octanol–water partition coefficient (Wildman–Crippen LogP) is 3.92. The molecule has 33 heavy (non-hydrogen) atoms. The van der Waals surface area contributed by atoms with Crippen LogP contribution in [0.2, 0.25) is 0 Å². The van der Waals surface area contributed by atoms with E-state index in [2.05, 4.69) is 15.2 Å². The second-order valence-corrected chi connectivity index (χ2v) is 8.78. The largest absolute Gasteiger partial charge is 0.495 e. The van der Waals surface area contributed by atoms with Crippen LogP contribution in [0.3, 0.4) is 0 Å². The molecule has 10 nitrogen and oxygen atoms in total. The molecule has 2 N–H and O–H groups in total. The fourth-order valence-corrected chi connectivity index (χ4v) is 3.98. The molecule has 0 fully saturated rings. The van der Waals surface area contributed by atoms with Crippen LogP contribution in [0.5, 0.6) is 5.75 Å². The van der Waals surface area contributed by atoms with E-state index in [4.69, 9.17) is 4.74 Å². The Balaban J connectivity index is 1.82. The van der Waals surface area contributed by atoms with E-state index in [0.717, 1.165) is 17.3 Å².